The normalized spacial score (nSPS) is 17.6. The van der Waals surface area contributed by atoms with Crippen molar-refractivity contribution in [2.75, 3.05) is 0 Å². The van der Waals surface area contributed by atoms with Gasteiger partial charge in [0.25, 0.3) is 5.91 Å². The van der Waals surface area contributed by atoms with E-state index < -0.39 is 6.23 Å². The van der Waals surface area contributed by atoms with Gasteiger partial charge in [0, 0.05) is 23.1 Å². The van der Waals surface area contributed by atoms with E-state index in [1.54, 1.807) is 35.2 Å². The summed E-state index contributed by atoms with van der Waals surface area (Å²) in [6.45, 7) is 0. The molecule has 1 aliphatic carbocycles. The maximum atomic E-state index is 13.3. The third kappa shape index (κ3) is 4.51. The summed E-state index contributed by atoms with van der Waals surface area (Å²) in [7, 11) is 0. The van der Waals surface area contributed by atoms with Crippen molar-refractivity contribution in [1.82, 2.24) is 4.90 Å². The summed E-state index contributed by atoms with van der Waals surface area (Å²) in [6, 6.07) is 21.1. The molecule has 2 aliphatic rings. The first-order valence-corrected chi connectivity index (χ1v) is 11.8. The Morgan fingerprint density at radius 1 is 0.857 bits per heavy atom. The van der Waals surface area contributed by atoms with E-state index in [1.165, 1.54) is 0 Å². The lowest BCUT2D eigenvalue weighted by Crippen LogP contribution is -2.42. The van der Waals surface area contributed by atoms with E-state index in [2.05, 4.69) is 18.2 Å². The van der Waals surface area contributed by atoms with Gasteiger partial charge in [-0.2, -0.15) is 0 Å². The highest BCUT2D eigenvalue weighted by atomic mass is 16.3. The summed E-state index contributed by atoms with van der Waals surface area (Å²) in [5.74, 6) is 0.259. The molecule has 0 fully saturated rings. The average Bonchev–Trinajstić information content (AvgIpc) is 3.49. The number of benzene rings is 3. The number of rotatable bonds is 7. The Labute approximate surface area is 204 Å². The summed E-state index contributed by atoms with van der Waals surface area (Å²) in [5.41, 5.74) is 4.06. The minimum Gasteiger partial charge on any atom is -0.508 e. The molecule has 5 rings (SSSR count). The number of aliphatic hydroxyl groups is 1. The maximum absolute atomic E-state index is 13.3. The Morgan fingerprint density at radius 2 is 1.43 bits per heavy atom. The second-order valence-corrected chi connectivity index (χ2v) is 8.88. The zero-order valence-electron chi connectivity index (χ0n) is 19.2. The van der Waals surface area contributed by atoms with Crippen LogP contribution >= 0.6 is 0 Å². The standard InChI is InChI=1S/C30H27NO4/c32-23-16-12-20(13-17-23)25(21-14-18-24(33)19-15-21)10-5-11-28(22-6-1-2-7-22)31-29(34)26-8-3-4-9-27(26)30(31)35/h1-4,6-10,12-19,22,28-29,32-34H,5,11H2. The van der Waals surface area contributed by atoms with Crippen molar-refractivity contribution in [2.45, 2.75) is 25.1 Å². The fourth-order valence-electron chi connectivity index (χ4n) is 4.95. The van der Waals surface area contributed by atoms with Gasteiger partial charge < -0.3 is 20.2 Å². The summed E-state index contributed by atoms with van der Waals surface area (Å²) >= 11 is 0. The number of allylic oxidation sites excluding steroid dienone is 3. The molecule has 3 N–H and O–H groups in total. The third-order valence-electron chi connectivity index (χ3n) is 6.71. The fourth-order valence-corrected chi connectivity index (χ4v) is 4.95. The number of hydrogen-bond donors (Lipinski definition) is 3. The Bertz CT molecular complexity index is 1250. The van der Waals surface area contributed by atoms with Crippen molar-refractivity contribution in [3.05, 3.63) is 125 Å². The number of phenols is 2. The minimum atomic E-state index is -0.969. The van der Waals surface area contributed by atoms with Crippen LogP contribution in [0.2, 0.25) is 0 Å². The van der Waals surface area contributed by atoms with Crippen LogP contribution in [0.5, 0.6) is 11.5 Å². The van der Waals surface area contributed by atoms with E-state index in [4.69, 9.17) is 0 Å². The fraction of sp³-hybridized carbons (Fsp3) is 0.167. The minimum absolute atomic E-state index is 0.0158. The zero-order chi connectivity index (χ0) is 24.4. The number of carbonyl (C=O) groups is 1. The van der Waals surface area contributed by atoms with Gasteiger partial charge in [-0.05, 0) is 59.9 Å². The molecule has 2 atom stereocenters. The zero-order valence-corrected chi connectivity index (χ0v) is 19.2. The van der Waals surface area contributed by atoms with Gasteiger partial charge >= 0.3 is 0 Å². The number of nitrogens with zero attached hydrogens (tertiary/aromatic N) is 1. The van der Waals surface area contributed by atoms with Gasteiger partial charge in [-0.3, -0.25) is 4.79 Å². The van der Waals surface area contributed by atoms with E-state index in [0.29, 0.717) is 24.0 Å². The van der Waals surface area contributed by atoms with Crippen LogP contribution in [0, 0.1) is 5.92 Å². The number of hydrogen-bond acceptors (Lipinski definition) is 4. The lowest BCUT2D eigenvalue weighted by atomic mass is 9.92. The summed E-state index contributed by atoms with van der Waals surface area (Å²) < 4.78 is 0. The molecule has 0 saturated heterocycles. The van der Waals surface area contributed by atoms with Crippen molar-refractivity contribution in [2.24, 2.45) is 5.92 Å². The summed E-state index contributed by atoms with van der Waals surface area (Å²) in [5, 5.41) is 30.5. The summed E-state index contributed by atoms with van der Waals surface area (Å²) in [4.78, 5) is 14.9. The van der Waals surface area contributed by atoms with E-state index in [1.807, 2.05) is 54.6 Å². The molecule has 0 radical (unpaired) electrons. The quantitative estimate of drug-likeness (QED) is 0.426. The van der Waals surface area contributed by atoms with Crippen molar-refractivity contribution in [3.63, 3.8) is 0 Å². The third-order valence-corrected chi connectivity index (χ3v) is 6.71. The first kappa shape index (κ1) is 22.7. The smallest absolute Gasteiger partial charge is 0.256 e. The molecule has 3 aromatic carbocycles. The largest absolute Gasteiger partial charge is 0.508 e. The highest BCUT2D eigenvalue weighted by Crippen LogP contribution is 2.38. The van der Waals surface area contributed by atoms with E-state index in [0.717, 1.165) is 16.7 Å². The van der Waals surface area contributed by atoms with Crippen LogP contribution < -0.4 is 0 Å². The summed E-state index contributed by atoms with van der Waals surface area (Å²) in [6.07, 6.45) is 10.6. The Balaban J connectivity index is 1.44. The number of carbonyl (C=O) groups excluding carboxylic acids is 1. The number of aromatic hydroxyl groups is 2. The molecule has 1 amide bonds. The molecule has 0 aromatic heterocycles. The molecule has 176 valence electrons. The first-order chi connectivity index (χ1) is 17.0. The van der Waals surface area contributed by atoms with Crippen LogP contribution in [-0.4, -0.2) is 32.2 Å². The van der Waals surface area contributed by atoms with Crippen molar-refractivity contribution >= 4 is 11.5 Å². The van der Waals surface area contributed by atoms with Gasteiger partial charge in [-0.1, -0.05) is 72.8 Å². The predicted molar refractivity (Wildman–Crippen MR) is 136 cm³/mol. The van der Waals surface area contributed by atoms with Gasteiger partial charge in [0.1, 0.15) is 11.5 Å². The first-order valence-electron chi connectivity index (χ1n) is 11.8. The molecule has 0 spiro atoms. The SMILES string of the molecule is O=C1c2ccccc2C(O)N1C(CCC=C(c1ccc(O)cc1)c1ccc(O)cc1)C1C=CC=C1. The molecule has 5 nitrogen and oxygen atoms in total. The molecule has 3 aromatic rings. The van der Waals surface area contributed by atoms with Crippen LogP contribution in [-0.2, 0) is 0 Å². The van der Waals surface area contributed by atoms with Crippen molar-refractivity contribution in [3.8, 4) is 11.5 Å². The highest BCUT2D eigenvalue weighted by Gasteiger charge is 2.41. The average molecular weight is 466 g/mol. The maximum Gasteiger partial charge on any atom is 0.256 e. The molecule has 35 heavy (non-hydrogen) atoms. The van der Waals surface area contributed by atoms with Crippen LogP contribution in [0.25, 0.3) is 5.57 Å². The van der Waals surface area contributed by atoms with Crippen molar-refractivity contribution < 1.29 is 20.1 Å². The monoisotopic (exact) mass is 465 g/mol. The Kier molecular flexibility index (Phi) is 6.25. The van der Waals surface area contributed by atoms with Gasteiger partial charge in [0.2, 0.25) is 0 Å². The number of fused-ring (bicyclic) bond motifs is 1. The van der Waals surface area contributed by atoms with Crippen LogP contribution in [0.4, 0.5) is 0 Å². The van der Waals surface area contributed by atoms with Gasteiger partial charge in [-0.15, -0.1) is 0 Å². The van der Waals surface area contributed by atoms with Crippen LogP contribution in [0.3, 0.4) is 0 Å². The molecule has 1 aliphatic heterocycles. The van der Waals surface area contributed by atoms with Crippen LogP contribution in [0.1, 0.15) is 46.1 Å². The van der Waals surface area contributed by atoms with Gasteiger partial charge in [0.05, 0.1) is 0 Å². The second kappa shape index (κ2) is 9.65. The second-order valence-electron chi connectivity index (χ2n) is 8.88. The van der Waals surface area contributed by atoms with Gasteiger partial charge in [-0.25, -0.2) is 0 Å². The lowest BCUT2D eigenvalue weighted by molar-refractivity contribution is -0.00987. The molecular formula is C30H27NO4. The highest BCUT2D eigenvalue weighted by molar-refractivity contribution is 5.99. The van der Waals surface area contributed by atoms with E-state index >= 15 is 0 Å². The molecule has 0 saturated carbocycles. The molecular weight excluding hydrogens is 438 g/mol. The van der Waals surface area contributed by atoms with Gasteiger partial charge in [0.15, 0.2) is 6.23 Å². The number of aliphatic hydroxyl groups excluding tert-OH is 1. The van der Waals surface area contributed by atoms with Crippen molar-refractivity contribution in [1.29, 1.82) is 0 Å². The molecule has 1 heterocycles. The van der Waals surface area contributed by atoms with E-state index in [-0.39, 0.29) is 29.4 Å². The molecule has 5 heteroatoms. The Morgan fingerprint density at radius 3 is 2.00 bits per heavy atom. The molecule has 0 bridgehead atoms. The van der Waals surface area contributed by atoms with E-state index in [9.17, 15) is 20.1 Å². The molecule has 2 unspecified atom stereocenters. The predicted octanol–water partition coefficient (Wildman–Crippen LogP) is 5.57. The lowest BCUT2D eigenvalue weighted by Gasteiger charge is -2.34. The number of amides is 1. The topological polar surface area (TPSA) is 81.0 Å². The van der Waals surface area contributed by atoms with Crippen LogP contribution in [0.15, 0.2) is 103 Å². The Hall–Kier alpha value is -4.09. The number of phenolic OH excluding ortho intramolecular Hbond substituents is 2.